The molecular formula is C19H18BrN3O3. The SMILES string of the molecule is COC(=O)C1=C(C)N(Cc2cccnc2)C(=O)N[C@H]1c1ccc(Br)cc1. The predicted octanol–water partition coefficient (Wildman–Crippen LogP) is 3.56. The van der Waals surface area contributed by atoms with Crippen LogP contribution in [0.5, 0.6) is 0 Å². The summed E-state index contributed by atoms with van der Waals surface area (Å²) in [5.74, 6) is -0.466. The van der Waals surface area contributed by atoms with Gasteiger partial charge in [0.1, 0.15) is 0 Å². The summed E-state index contributed by atoms with van der Waals surface area (Å²) in [6.45, 7) is 2.08. The topological polar surface area (TPSA) is 71.5 Å². The summed E-state index contributed by atoms with van der Waals surface area (Å²) in [7, 11) is 1.34. The van der Waals surface area contributed by atoms with Gasteiger partial charge in [-0.15, -0.1) is 0 Å². The van der Waals surface area contributed by atoms with Crippen LogP contribution in [0.3, 0.4) is 0 Å². The van der Waals surface area contributed by atoms with E-state index in [1.165, 1.54) is 12.0 Å². The second-order valence-corrected chi connectivity index (χ2v) is 6.79. The highest BCUT2D eigenvalue weighted by atomic mass is 79.9. The number of nitrogens with one attached hydrogen (secondary N) is 1. The van der Waals surface area contributed by atoms with Crippen molar-refractivity contribution < 1.29 is 14.3 Å². The highest BCUT2D eigenvalue weighted by molar-refractivity contribution is 9.10. The molecule has 0 saturated heterocycles. The van der Waals surface area contributed by atoms with Gasteiger partial charge in [-0.1, -0.05) is 34.1 Å². The fraction of sp³-hybridized carbons (Fsp3) is 0.211. The van der Waals surface area contributed by atoms with Crippen molar-refractivity contribution in [1.82, 2.24) is 15.2 Å². The Hall–Kier alpha value is -2.67. The Bertz CT molecular complexity index is 850. The smallest absolute Gasteiger partial charge is 0.337 e. The fourth-order valence-corrected chi connectivity index (χ4v) is 3.19. The quantitative estimate of drug-likeness (QED) is 0.774. The second-order valence-electron chi connectivity index (χ2n) is 5.87. The Morgan fingerprint density at radius 3 is 2.65 bits per heavy atom. The number of halogens is 1. The van der Waals surface area contributed by atoms with Crippen LogP contribution in [0.2, 0.25) is 0 Å². The molecule has 0 fully saturated rings. The lowest BCUT2D eigenvalue weighted by molar-refractivity contribution is -0.136. The van der Waals surface area contributed by atoms with E-state index in [-0.39, 0.29) is 6.03 Å². The molecule has 1 aromatic carbocycles. The number of nitrogens with zero attached hydrogens (tertiary/aromatic N) is 2. The van der Waals surface area contributed by atoms with Gasteiger partial charge in [0.25, 0.3) is 0 Å². The van der Waals surface area contributed by atoms with Crippen molar-refractivity contribution in [2.24, 2.45) is 0 Å². The van der Waals surface area contributed by atoms with E-state index in [4.69, 9.17) is 4.74 Å². The number of amides is 2. The lowest BCUT2D eigenvalue weighted by atomic mass is 9.95. The average molecular weight is 416 g/mol. The maximum absolute atomic E-state index is 12.7. The minimum Gasteiger partial charge on any atom is -0.466 e. The molecule has 0 bridgehead atoms. The summed E-state index contributed by atoms with van der Waals surface area (Å²) < 4.78 is 5.89. The van der Waals surface area contributed by atoms with Gasteiger partial charge in [0.05, 0.1) is 25.3 Å². The van der Waals surface area contributed by atoms with Crippen LogP contribution in [0.15, 0.2) is 64.5 Å². The summed E-state index contributed by atoms with van der Waals surface area (Å²) in [4.78, 5) is 30.8. The van der Waals surface area contributed by atoms with Crippen LogP contribution in [-0.4, -0.2) is 29.0 Å². The normalized spacial score (nSPS) is 17.1. The number of allylic oxidation sites excluding steroid dienone is 1. The Kier molecular flexibility index (Phi) is 5.37. The van der Waals surface area contributed by atoms with E-state index < -0.39 is 12.0 Å². The molecule has 2 aromatic rings. The number of carbonyl (C=O) groups excluding carboxylic acids is 2. The minimum absolute atomic E-state index is 0.271. The molecule has 1 aliphatic heterocycles. The van der Waals surface area contributed by atoms with Crippen molar-refractivity contribution in [1.29, 1.82) is 0 Å². The Morgan fingerprint density at radius 1 is 1.31 bits per heavy atom. The molecule has 1 aromatic heterocycles. The number of esters is 1. The van der Waals surface area contributed by atoms with Crippen LogP contribution in [0.25, 0.3) is 0 Å². The number of urea groups is 1. The largest absolute Gasteiger partial charge is 0.466 e. The first kappa shape index (κ1) is 18.1. The van der Waals surface area contributed by atoms with Gasteiger partial charge in [-0.05, 0) is 36.2 Å². The number of aromatic nitrogens is 1. The van der Waals surface area contributed by atoms with Crippen molar-refractivity contribution in [2.45, 2.75) is 19.5 Å². The maximum Gasteiger partial charge on any atom is 0.337 e. The first-order chi connectivity index (χ1) is 12.5. The van der Waals surface area contributed by atoms with Crippen LogP contribution in [0.4, 0.5) is 4.79 Å². The Labute approximate surface area is 160 Å². The van der Waals surface area contributed by atoms with Crippen molar-refractivity contribution in [3.05, 3.63) is 75.7 Å². The molecule has 6 nitrogen and oxygen atoms in total. The molecule has 0 spiro atoms. The number of benzene rings is 1. The number of hydrogen-bond donors (Lipinski definition) is 1. The summed E-state index contributed by atoms with van der Waals surface area (Å²) >= 11 is 3.39. The highest BCUT2D eigenvalue weighted by Gasteiger charge is 2.36. The van der Waals surface area contributed by atoms with E-state index in [0.29, 0.717) is 17.8 Å². The van der Waals surface area contributed by atoms with Crippen LogP contribution in [-0.2, 0) is 16.1 Å². The third kappa shape index (κ3) is 3.62. The van der Waals surface area contributed by atoms with Gasteiger partial charge in [-0.3, -0.25) is 9.88 Å². The van der Waals surface area contributed by atoms with Crippen molar-refractivity contribution in [3.63, 3.8) is 0 Å². The molecule has 2 amide bonds. The summed E-state index contributed by atoms with van der Waals surface area (Å²) in [6.07, 6.45) is 3.37. The van der Waals surface area contributed by atoms with Gasteiger partial charge < -0.3 is 10.1 Å². The van der Waals surface area contributed by atoms with Gasteiger partial charge in [0, 0.05) is 22.6 Å². The molecule has 1 atom stereocenters. The van der Waals surface area contributed by atoms with E-state index in [2.05, 4.69) is 26.2 Å². The highest BCUT2D eigenvalue weighted by Crippen LogP contribution is 2.32. The molecule has 0 radical (unpaired) electrons. The van der Waals surface area contributed by atoms with Gasteiger partial charge in [0.2, 0.25) is 0 Å². The molecule has 0 saturated carbocycles. The van der Waals surface area contributed by atoms with Gasteiger partial charge >= 0.3 is 12.0 Å². The van der Waals surface area contributed by atoms with Crippen LogP contribution >= 0.6 is 15.9 Å². The fourth-order valence-electron chi connectivity index (χ4n) is 2.93. The molecule has 0 aliphatic carbocycles. The monoisotopic (exact) mass is 415 g/mol. The number of hydrogen-bond acceptors (Lipinski definition) is 4. The van der Waals surface area contributed by atoms with E-state index in [1.807, 2.05) is 36.4 Å². The first-order valence-electron chi connectivity index (χ1n) is 8.02. The lowest BCUT2D eigenvalue weighted by Gasteiger charge is -2.35. The Morgan fingerprint density at radius 2 is 2.04 bits per heavy atom. The zero-order valence-electron chi connectivity index (χ0n) is 14.4. The molecule has 1 N–H and O–H groups in total. The van der Waals surface area contributed by atoms with Crippen molar-refractivity contribution in [3.8, 4) is 0 Å². The lowest BCUT2D eigenvalue weighted by Crippen LogP contribution is -2.47. The predicted molar refractivity (Wildman–Crippen MR) is 99.9 cm³/mol. The number of methoxy groups -OCH3 is 1. The number of ether oxygens (including phenoxy) is 1. The molecule has 0 unspecified atom stereocenters. The van der Waals surface area contributed by atoms with E-state index in [1.54, 1.807) is 19.3 Å². The maximum atomic E-state index is 12.7. The van der Waals surface area contributed by atoms with Crippen molar-refractivity contribution >= 4 is 27.9 Å². The van der Waals surface area contributed by atoms with Crippen LogP contribution in [0.1, 0.15) is 24.1 Å². The second kappa shape index (κ2) is 7.70. The zero-order valence-corrected chi connectivity index (χ0v) is 16.0. The number of carbonyl (C=O) groups is 2. The summed E-state index contributed by atoms with van der Waals surface area (Å²) in [6, 6.07) is 10.3. The molecule has 7 heteroatoms. The molecule has 1 aliphatic rings. The third-order valence-corrected chi connectivity index (χ3v) is 4.80. The van der Waals surface area contributed by atoms with Crippen LogP contribution in [0, 0.1) is 0 Å². The van der Waals surface area contributed by atoms with Crippen LogP contribution < -0.4 is 5.32 Å². The number of rotatable bonds is 4. The minimum atomic E-state index is -0.562. The van der Waals surface area contributed by atoms with E-state index in [9.17, 15) is 9.59 Å². The van der Waals surface area contributed by atoms with Gasteiger partial charge in [-0.2, -0.15) is 0 Å². The molecule has 134 valence electrons. The molecule has 3 rings (SSSR count). The van der Waals surface area contributed by atoms with Gasteiger partial charge in [0.15, 0.2) is 0 Å². The average Bonchev–Trinajstić information content (AvgIpc) is 2.65. The van der Waals surface area contributed by atoms with Gasteiger partial charge in [-0.25, -0.2) is 9.59 Å². The summed E-state index contributed by atoms with van der Waals surface area (Å²) in [5, 5.41) is 2.91. The summed E-state index contributed by atoms with van der Waals surface area (Å²) in [5.41, 5.74) is 2.66. The molecular weight excluding hydrogens is 398 g/mol. The third-order valence-electron chi connectivity index (χ3n) is 4.27. The van der Waals surface area contributed by atoms with Crippen molar-refractivity contribution in [2.75, 3.05) is 7.11 Å². The zero-order chi connectivity index (χ0) is 18.7. The van der Waals surface area contributed by atoms with E-state index >= 15 is 0 Å². The Balaban J connectivity index is 2.02. The first-order valence-corrected chi connectivity index (χ1v) is 8.82. The number of pyridine rings is 1. The standard InChI is InChI=1S/C19H18BrN3O3/c1-12-16(18(24)26-2)17(14-5-7-15(20)8-6-14)22-19(25)23(12)11-13-4-3-9-21-10-13/h3-10,17H,11H2,1-2H3,(H,22,25)/t17-/m0/s1. The molecule has 26 heavy (non-hydrogen) atoms. The van der Waals surface area contributed by atoms with E-state index in [0.717, 1.165) is 15.6 Å². The molecule has 2 heterocycles.